The molecule has 124 valence electrons. The summed E-state index contributed by atoms with van der Waals surface area (Å²) >= 11 is 17.9. The van der Waals surface area contributed by atoms with Gasteiger partial charge in [0.05, 0.1) is 17.3 Å². The molecule has 4 nitrogen and oxygen atoms in total. The standard InChI is InChI=1S/C15H21Cl3N2O2/c1-2-22-15(21)13(19)10-11-3-4-14(12(18)9-11)20(7-5-16)8-6-17/h3-4,9,13H,2,5-8,10,19H2,1H3/t13-/m0/s1. The zero-order chi connectivity index (χ0) is 16.5. The largest absolute Gasteiger partial charge is 0.465 e. The van der Waals surface area contributed by atoms with Gasteiger partial charge in [-0.15, -0.1) is 23.2 Å². The minimum absolute atomic E-state index is 0.317. The van der Waals surface area contributed by atoms with E-state index in [4.69, 9.17) is 45.3 Å². The van der Waals surface area contributed by atoms with Crippen LogP contribution in [0.15, 0.2) is 18.2 Å². The van der Waals surface area contributed by atoms with Crippen molar-refractivity contribution in [1.29, 1.82) is 0 Å². The van der Waals surface area contributed by atoms with E-state index in [0.717, 1.165) is 11.3 Å². The predicted octanol–water partition coefficient (Wildman–Crippen LogP) is 3.06. The van der Waals surface area contributed by atoms with Crippen LogP contribution in [-0.4, -0.2) is 43.5 Å². The second-order valence-corrected chi connectivity index (χ2v) is 5.88. The van der Waals surface area contributed by atoms with Gasteiger partial charge in [-0.25, -0.2) is 0 Å². The van der Waals surface area contributed by atoms with Crippen molar-refractivity contribution in [2.45, 2.75) is 19.4 Å². The number of nitrogens with zero attached hydrogens (tertiary/aromatic N) is 1. The Morgan fingerprint density at radius 3 is 2.45 bits per heavy atom. The highest BCUT2D eigenvalue weighted by atomic mass is 35.5. The first-order chi connectivity index (χ1) is 10.5. The first kappa shape index (κ1) is 19.4. The van der Waals surface area contributed by atoms with Crippen LogP contribution in [-0.2, 0) is 16.0 Å². The lowest BCUT2D eigenvalue weighted by Crippen LogP contribution is -2.34. The van der Waals surface area contributed by atoms with Crippen molar-refractivity contribution in [2.75, 3.05) is 36.4 Å². The number of alkyl halides is 2. The summed E-state index contributed by atoms with van der Waals surface area (Å²) < 4.78 is 4.90. The zero-order valence-electron chi connectivity index (χ0n) is 12.5. The SMILES string of the molecule is CCOC(=O)[C@@H](N)Cc1ccc(N(CCCl)CCCl)c(Cl)c1. The van der Waals surface area contributed by atoms with Crippen LogP contribution in [0.5, 0.6) is 0 Å². The third-order valence-corrected chi connectivity index (χ3v) is 3.75. The molecule has 0 bridgehead atoms. The summed E-state index contributed by atoms with van der Waals surface area (Å²) in [7, 11) is 0. The lowest BCUT2D eigenvalue weighted by molar-refractivity contribution is -0.144. The van der Waals surface area contributed by atoms with Crippen molar-refractivity contribution in [3.05, 3.63) is 28.8 Å². The Hall–Kier alpha value is -0.680. The summed E-state index contributed by atoms with van der Waals surface area (Å²) in [5.74, 6) is 0.569. The molecule has 1 aromatic rings. The van der Waals surface area contributed by atoms with Crippen LogP contribution < -0.4 is 10.6 Å². The molecule has 0 aliphatic rings. The van der Waals surface area contributed by atoms with Gasteiger partial charge in [-0.3, -0.25) is 4.79 Å². The van der Waals surface area contributed by atoms with Crippen LogP contribution >= 0.6 is 34.8 Å². The summed E-state index contributed by atoms with van der Waals surface area (Å²) in [6.45, 7) is 3.39. The van der Waals surface area contributed by atoms with Crippen molar-refractivity contribution in [2.24, 2.45) is 5.73 Å². The molecular weight excluding hydrogens is 347 g/mol. The van der Waals surface area contributed by atoms with Crippen LogP contribution in [0.25, 0.3) is 0 Å². The molecule has 0 saturated heterocycles. The van der Waals surface area contributed by atoms with Crippen LogP contribution in [0, 0.1) is 0 Å². The van der Waals surface area contributed by atoms with Gasteiger partial charge in [0, 0.05) is 24.8 Å². The Labute approximate surface area is 146 Å². The quantitative estimate of drug-likeness (QED) is 0.538. The minimum atomic E-state index is -0.691. The lowest BCUT2D eigenvalue weighted by Gasteiger charge is -2.24. The van der Waals surface area contributed by atoms with Crippen LogP contribution in [0.3, 0.4) is 0 Å². The van der Waals surface area contributed by atoms with E-state index in [1.807, 2.05) is 23.1 Å². The summed E-state index contributed by atoms with van der Waals surface area (Å²) in [5, 5.41) is 0.587. The van der Waals surface area contributed by atoms with E-state index >= 15 is 0 Å². The fourth-order valence-electron chi connectivity index (χ4n) is 2.08. The molecule has 0 aliphatic carbocycles. The van der Waals surface area contributed by atoms with Crippen LogP contribution in [0.4, 0.5) is 5.69 Å². The molecule has 0 saturated carbocycles. The Morgan fingerprint density at radius 2 is 1.95 bits per heavy atom. The molecule has 1 rings (SSSR count). The molecular formula is C15H21Cl3N2O2. The summed E-state index contributed by atoms with van der Waals surface area (Å²) in [5.41, 5.74) is 7.57. The van der Waals surface area contributed by atoms with Gasteiger partial charge < -0.3 is 15.4 Å². The highest BCUT2D eigenvalue weighted by molar-refractivity contribution is 6.33. The van der Waals surface area contributed by atoms with Gasteiger partial charge in [0.15, 0.2) is 0 Å². The van der Waals surface area contributed by atoms with Crippen molar-refractivity contribution in [3.8, 4) is 0 Å². The monoisotopic (exact) mass is 366 g/mol. The zero-order valence-corrected chi connectivity index (χ0v) is 14.8. The van der Waals surface area contributed by atoms with Crippen molar-refractivity contribution in [1.82, 2.24) is 0 Å². The van der Waals surface area contributed by atoms with E-state index < -0.39 is 12.0 Å². The number of anilines is 1. The summed E-state index contributed by atoms with van der Waals surface area (Å²) in [4.78, 5) is 13.6. The van der Waals surface area contributed by atoms with Gasteiger partial charge >= 0.3 is 5.97 Å². The molecule has 7 heteroatoms. The van der Waals surface area contributed by atoms with E-state index in [2.05, 4.69) is 0 Å². The maximum atomic E-state index is 11.6. The summed E-state index contributed by atoms with van der Waals surface area (Å²) in [6, 6.07) is 4.92. The Kier molecular flexibility index (Phi) is 8.95. The second-order valence-electron chi connectivity index (χ2n) is 4.71. The number of carbonyl (C=O) groups is 1. The molecule has 0 heterocycles. The highest BCUT2D eigenvalue weighted by Gasteiger charge is 2.16. The number of carbonyl (C=O) groups excluding carboxylic acids is 1. The Morgan fingerprint density at radius 1 is 1.32 bits per heavy atom. The maximum absolute atomic E-state index is 11.6. The number of benzene rings is 1. The van der Waals surface area contributed by atoms with Crippen molar-refractivity contribution in [3.63, 3.8) is 0 Å². The van der Waals surface area contributed by atoms with E-state index in [1.54, 1.807) is 6.92 Å². The van der Waals surface area contributed by atoms with Gasteiger partial charge in [0.2, 0.25) is 0 Å². The molecule has 0 unspecified atom stereocenters. The van der Waals surface area contributed by atoms with Gasteiger partial charge in [-0.1, -0.05) is 17.7 Å². The molecule has 0 fully saturated rings. The Bertz CT molecular complexity index is 480. The molecule has 1 atom stereocenters. The van der Waals surface area contributed by atoms with Crippen LogP contribution in [0.2, 0.25) is 5.02 Å². The number of nitrogens with two attached hydrogens (primary N) is 1. The van der Waals surface area contributed by atoms with E-state index in [0.29, 0.717) is 42.9 Å². The fraction of sp³-hybridized carbons (Fsp3) is 0.533. The number of ether oxygens (including phenoxy) is 1. The third-order valence-electron chi connectivity index (χ3n) is 3.11. The molecule has 0 aromatic heterocycles. The summed E-state index contributed by atoms with van der Waals surface area (Å²) in [6.07, 6.45) is 0.379. The lowest BCUT2D eigenvalue weighted by atomic mass is 10.1. The highest BCUT2D eigenvalue weighted by Crippen LogP contribution is 2.27. The molecule has 0 aliphatic heterocycles. The van der Waals surface area contributed by atoms with Crippen molar-refractivity contribution < 1.29 is 9.53 Å². The third kappa shape index (κ3) is 5.84. The average Bonchev–Trinajstić information content (AvgIpc) is 2.47. The van der Waals surface area contributed by atoms with E-state index in [-0.39, 0.29) is 0 Å². The topological polar surface area (TPSA) is 55.6 Å². The predicted molar refractivity (Wildman–Crippen MR) is 93.4 cm³/mol. The van der Waals surface area contributed by atoms with Gasteiger partial charge in [-0.05, 0) is 31.0 Å². The molecule has 0 radical (unpaired) electrons. The van der Waals surface area contributed by atoms with Gasteiger partial charge in [0.25, 0.3) is 0 Å². The molecule has 1 aromatic carbocycles. The number of halogens is 3. The number of rotatable bonds is 9. The Balaban J connectivity index is 2.82. The fourth-order valence-corrected chi connectivity index (χ4v) is 2.81. The molecule has 22 heavy (non-hydrogen) atoms. The second kappa shape index (κ2) is 10.2. The molecule has 0 spiro atoms. The first-order valence-corrected chi connectivity index (χ1v) is 8.55. The smallest absolute Gasteiger partial charge is 0.323 e. The molecule has 2 N–H and O–H groups in total. The first-order valence-electron chi connectivity index (χ1n) is 7.11. The molecule has 0 amide bonds. The average molecular weight is 368 g/mol. The maximum Gasteiger partial charge on any atom is 0.323 e. The van der Waals surface area contributed by atoms with E-state index in [9.17, 15) is 4.79 Å². The number of hydrogen-bond donors (Lipinski definition) is 1. The number of esters is 1. The van der Waals surface area contributed by atoms with Gasteiger partial charge in [-0.2, -0.15) is 0 Å². The van der Waals surface area contributed by atoms with Crippen molar-refractivity contribution >= 4 is 46.5 Å². The minimum Gasteiger partial charge on any atom is -0.465 e. The van der Waals surface area contributed by atoms with E-state index in [1.165, 1.54) is 0 Å². The van der Waals surface area contributed by atoms with Gasteiger partial charge in [0.1, 0.15) is 6.04 Å². The normalized spacial score (nSPS) is 12.0. The number of hydrogen-bond acceptors (Lipinski definition) is 4. The van der Waals surface area contributed by atoms with Crippen LogP contribution in [0.1, 0.15) is 12.5 Å².